The summed E-state index contributed by atoms with van der Waals surface area (Å²) in [6, 6.07) is 2.79. The molecule has 1 aromatic carbocycles. The maximum Gasteiger partial charge on any atom is 0.340 e. The van der Waals surface area contributed by atoms with Gasteiger partial charge in [0.2, 0.25) is 5.91 Å². The van der Waals surface area contributed by atoms with Crippen LogP contribution in [0.2, 0.25) is 0 Å². The van der Waals surface area contributed by atoms with E-state index in [1.165, 1.54) is 37.8 Å². The molecule has 5 heterocycles. The van der Waals surface area contributed by atoms with E-state index in [0.717, 1.165) is 64.7 Å². The Hall–Kier alpha value is -2.86. The Morgan fingerprint density at radius 1 is 1.03 bits per heavy atom. The van der Waals surface area contributed by atoms with Crippen molar-refractivity contribution in [2.24, 2.45) is 11.8 Å². The van der Waals surface area contributed by atoms with Crippen LogP contribution in [0.15, 0.2) is 31.3 Å². The molecular weight excluding hydrogens is 476 g/mol. The molecule has 2 aromatic heterocycles. The monoisotopic (exact) mass is 514 g/mol. The number of rotatable bonds is 2. The van der Waals surface area contributed by atoms with Gasteiger partial charge in [0.1, 0.15) is 16.9 Å². The summed E-state index contributed by atoms with van der Waals surface area (Å²) in [4.78, 5) is 32.0. The first kappa shape index (κ1) is 24.2. The second kappa shape index (κ2) is 8.84. The quantitative estimate of drug-likeness (QED) is 0.322. The topological polar surface area (TPSA) is 66.9 Å². The number of furan rings is 1. The number of aryl methyl sites for hydroxylation is 4. The third-order valence-corrected chi connectivity index (χ3v) is 10.2. The predicted octanol–water partition coefficient (Wildman–Crippen LogP) is 5.74. The first-order valence-electron chi connectivity index (χ1n) is 14.5. The average Bonchev–Trinajstić information content (AvgIpc) is 3.20. The molecule has 0 spiro atoms. The number of piperidine rings is 3. The minimum absolute atomic E-state index is 0.0460. The number of amides is 1. The Labute approximate surface area is 223 Å². The van der Waals surface area contributed by atoms with Crippen LogP contribution < -0.4 is 5.63 Å². The normalized spacial score (nSPS) is 27.4. The molecule has 4 aliphatic rings. The highest BCUT2D eigenvalue weighted by atomic mass is 16.4. The van der Waals surface area contributed by atoms with E-state index in [-0.39, 0.29) is 18.4 Å². The number of hydrogen-bond donors (Lipinski definition) is 0. The van der Waals surface area contributed by atoms with Crippen LogP contribution in [0.4, 0.5) is 0 Å². The fourth-order valence-corrected chi connectivity index (χ4v) is 8.34. The van der Waals surface area contributed by atoms with E-state index in [0.29, 0.717) is 29.0 Å². The molecule has 3 aromatic rings. The Balaban J connectivity index is 1.25. The molecule has 4 unspecified atom stereocenters. The van der Waals surface area contributed by atoms with Crippen LogP contribution in [0.25, 0.3) is 21.9 Å². The van der Waals surface area contributed by atoms with Crippen molar-refractivity contribution in [2.45, 2.75) is 84.7 Å². The smallest absolute Gasteiger partial charge is 0.340 e. The van der Waals surface area contributed by atoms with Crippen molar-refractivity contribution in [2.75, 3.05) is 19.6 Å². The molecule has 6 heteroatoms. The SMILES string of the molecule is Cc1oc2c(c(C)cc3oc(=O)c(CC(=O)N4CCCC5=CC6CC(CN7CCCCC67)C54)c(C)c32)c1C. The molecule has 3 saturated heterocycles. The molecule has 3 fully saturated rings. The first-order valence-corrected chi connectivity index (χ1v) is 14.5. The molecular formula is C32H38N2O4. The van der Waals surface area contributed by atoms with E-state index >= 15 is 0 Å². The summed E-state index contributed by atoms with van der Waals surface area (Å²) in [6.45, 7) is 11.0. The van der Waals surface area contributed by atoms with Gasteiger partial charge in [0.15, 0.2) is 0 Å². The van der Waals surface area contributed by atoms with Crippen LogP contribution in [-0.4, -0.2) is 47.4 Å². The highest BCUT2D eigenvalue weighted by Gasteiger charge is 2.47. The summed E-state index contributed by atoms with van der Waals surface area (Å²) in [5.74, 6) is 2.04. The van der Waals surface area contributed by atoms with Gasteiger partial charge in [0.25, 0.3) is 0 Å². The van der Waals surface area contributed by atoms with E-state index in [9.17, 15) is 9.59 Å². The van der Waals surface area contributed by atoms with Crippen molar-refractivity contribution in [1.29, 1.82) is 0 Å². The van der Waals surface area contributed by atoms with Crippen molar-refractivity contribution in [3.63, 3.8) is 0 Å². The van der Waals surface area contributed by atoms with Gasteiger partial charge < -0.3 is 13.7 Å². The van der Waals surface area contributed by atoms with Gasteiger partial charge >= 0.3 is 5.63 Å². The van der Waals surface area contributed by atoms with E-state index in [1.54, 1.807) is 0 Å². The van der Waals surface area contributed by atoms with Crippen LogP contribution in [0.3, 0.4) is 0 Å². The summed E-state index contributed by atoms with van der Waals surface area (Å²) >= 11 is 0. The lowest BCUT2D eigenvalue weighted by molar-refractivity contribution is -0.135. The minimum atomic E-state index is -0.410. The maximum absolute atomic E-state index is 14.0. The number of carbonyl (C=O) groups excluding carboxylic acids is 1. The molecule has 0 N–H and O–H groups in total. The van der Waals surface area contributed by atoms with Crippen molar-refractivity contribution >= 4 is 27.8 Å². The molecule has 1 aliphatic carbocycles. The van der Waals surface area contributed by atoms with Gasteiger partial charge in [-0.1, -0.05) is 18.1 Å². The van der Waals surface area contributed by atoms with Gasteiger partial charge in [0.05, 0.1) is 23.4 Å². The third kappa shape index (κ3) is 3.55. The van der Waals surface area contributed by atoms with Crippen molar-refractivity contribution in [3.05, 3.63) is 56.1 Å². The van der Waals surface area contributed by atoms with Crippen LogP contribution in [0, 0.1) is 39.5 Å². The number of nitrogens with zero attached hydrogens (tertiary/aromatic N) is 2. The summed E-state index contributed by atoms with van der Waals surface area (Å²) in [7, 11) is 0. The van der Waals surface area contributed by atoms with E-state index in [1.807, 2.05) is 26.8 Å². The zero-order valence-electron chi connectivity index (χ0n) is 23.1. The highest BCUT2D eigenvalue weighted by molar-refractivity contribution is 6.07. The van der Waals surface area contributed by atoms with E-state index in [4.69, 9.17) is 8.83 Å². The molecule has 6 nitrogen and oxygen atoms in total. The van der Waals surface area contributed by atoms with Crippen molar-refractivity contribution in [3.8, 4) is 0 Å². The fourth-order valence-electron chi connectivity index (χ4n) is 8.34. The molecule has 38 heavy (non-hydrogen) atoms. The molecule has 7 rings (SSSR count). The zero-order chi connectivity index (χ0) is 26.3. The number of hydrogen-bond acceptors (Lipinski definition) is 5. The molecule has 0 radical (unpaired) electrons. The van der Waals surface area contributed by atoms with Gasteiger partial charge in [-0.2, -0.15) is 0 Å². The Morgan fingerprint density at radius 2 is 1.87 bits per heavy atom. The fraction of sp³-hybridized carbons (Fsp3) is 0.562. The van der Waals surface area contributed by atoms with Crippen LogP contribution in [-0.2, 0) is 11.2 Å². The molecule has 1 amide bonds. The van der Waals surface area contributed by atoms with Gasteiger partial charge in [-0.3, -0.25) is 9.69 Å². The third-order valence-electron chi connectivity index (χ3n) is 10.2. The predicted molar refractivity (Wildman–Crippen MR) is 149 cm³/mol. The number of likely N-dealkylation sites (tertiary alicyclic amines) is 1. The first-order chi connectivity index (χ1) is 18.3. The lowest BCUT2D eigenvalue weighted by Crippen LogP contribution is -2.60. The molecule has 2 bridgehead atoms. The second-order valence-electron chi connectivity index (χ2n) is 12.3. The van der Waals surface area contributed by atoms with Crippen LogP contribution in [0.1, 0.15) is 66.5 Å². The van der Waals surface area contributed by atoms with Crippen LogP contribution >= 0.6 is 0 Å². The Morgan fingerprint density at radius 3 is 2.71 bits per heavy atom. The van der Waals surface area contributed by atoms with Crippen molar-refractivity contribution < 1.29 is 13.6 Å². The summed E-state index contributed by atoms with van der Waals surface area (Å²) in [6.07, 6.45) is 9.84. The van der Waals surface area contributed by atoms with Gasteiger partial charge in [-0.15, -0.1) is 0 Å². The summed E-state index contributed by atoms with van der Waals surface area (Å²) in [5.41, 5.74) is 5.74. The molecule has 200 valence electrons. The highest BCUT2D eigenvalue weighted by Crippen LogP contribution is 2.45. The molecule has 0 saturated carbocycles. The maximum atomic E-state index is 14.0. The second-order valence-corrected chi connectivity index (χ2v) is 12.3. The average molecular weight is 515 g/mol. The Bertz CT molecular complexity index is 1560. The standard InChI is InChI=1S/C32H38N2O4/c1-17-12-26-29(31-28(17)18(2)20(4)37-31)19(3)24(32(36)38-26)15-27(35)34-11-7-8-21-13-22-14-23(30(21)34)16-33-10-6-5-9-25(22)33/h12-13,22-23,25,30H,5-11,14-16H2,1-4H3. The number of carbonyl (C=O) groups is 1. The number of fused-ring (bicyclic) bond motifs is 9. The lowest BCUT2D eigenvalue weighted by Gasteiger charge is -2.54. The van der Waals surface area contributed by atoms with Gasteiger partial charge in [-0.25, -0.2) is 4.79 Å². The zero-order valence-corrected chi connectivity index (χ0v) is 23.1. The summed E-state index contributed by atoms with van der Waals surface area (Å²) < 4.78 is 12.0. The number of benzene rings is 1. The van der Waals surface area contributed by atoms with Gasteiger partial charge in [-0.05, 0) is 101 Å². The molecule has 4 atom stereocenters. The minimum Gasteiger partial charge on any atom is -0.460 e. The summed E-state index contributed by atoms with van der Waals surface area (Å²) in [5, 5.41) is 1.88. The Kier molecular flexibility index (Phi) is 5.63. The molecule has 3 aliphatic heterocycles. The van der Waals surface area contributed by atoms with Gasteiger partial charge in [0, 0.05) is 24.5 Å². The van der Waals surface area contributed by atoms with E-state index in [2.05, 4.69) is 22.8 Å². The largest absolute Gasteiger partial charge is 0.460 e. The lowest BCUT2D eigenvalue weighted by atomic mass is 9.68. The van der Waals surface area contributed by atoms with Crippen molar-refractivity contribution in [1.82, 2.24) is 9.80 Å². The van der Waals surface area contributed by atoms with Crippen LogP contribution in [0.5, 0.6) is 0 Å². The van der Waals surface area contributed by atoms with E-state index < -0.39 is 5.63 Å².